The minimum Gasteiger partial charge on any atom is -0.289 e. The maximum atomic E-state index is 12.8. The lowest BCUT2D eigenvalue weighted by atomic mass is 10.0. The van der Waals surface area contributed by atoms with Crippen LogP contribution in [0.3, 0.4) is 0 Å². The van der Waals surface area contributed by atoms with E-state index in [1.54, 1.807) is 48.5 Å². The van der Waals surface area contributed by atoms with E-state index >= 15 is 0 Å². The van der Waals surface area contributed by atoms with Crippen LogP contribution in [0.1, 0.15) is 15.9 Å². The molecule has 0 amide bonds. The van der Waals surface area contributed by atoms with Gasteiger partial charge in [-0.3, -0.25) is 14.5 Å². The van der Waals surface area contributed by atoms with Crippen LogP contribution in [0.5, 0.6) is 0 Å². The second-order valence-electron chi connectivity index (χ2n) is 5.17. The van der Waals surface area contributed by atoms with Gasteiger partial charge >= 0.3 is 0 Å². The SMILES string of the molecule is O=C(c1ccncc1)c1cc(Br)ccc1NS(=O)(=O)c1ccccc1. The zero-order valence-electron chi connectivity index (χ0n) is 12.9. The number of anilines is 1. The van der Waals surface area contributed by atoms with Gasteiger partial charge in [-0.15, -0.1) is 0 Å². The molecule has 0 saturated heterocycles. The molecule has 3 aromatic rings. The molecule has 0 unspecified atom stereocenters. The number of halogens is 1. The molecule has 7 heteroatoms. The van der Waals surface area contributed by atoms with Gasteiger partial charge in [-0.25, -0.2) is 8.42 Å². The highest BCUT2D eigenvalue weighted by atomic mass is 79.9. The van der Waals surface area contributed by atoms with E-state index in [4.69, 9.17) is 0 Å². The van der Waals surface area contributed by atoms with Crippen molar-refractivity contribution in [1.82, 2.24) is 4.98 Å². The quantitative estimate of drug-likeness (QED) is 0.640. The zero-order chi connectivity index (χ0) is 17.9. The van der Waals surface area contributed by atoms with Gasteiger partial charge in [-0.1, -0.05) is 34.1 Å². The van der Waals surface area contributed by atoms with Crippen molar-refractivity contribution >= 4 is 37.4 Å². The zero-order valence-corrected chi connectivity index (χ0v) is 15.3. The second kappa shape index (κ2) is 7.16. The maximum absolute atomic E-state index is 12.8. The highest BCUT2D eigenvalue weighted by Crippen LogP contribution is 2.26. The molecule has 0 aliphatic rings. The van der Waals surface area contributed by atoms with Crippen molar-refractivity contribution < 1.29 is 13.2 Å². The molecule has 1 N–H and O–H groups in total. The third-order valence-corrected chi connectivity index (χ3v) is 5.34. The van der Waals surface area contributed by atoms with Gasteiger partial charge in [-0.05, 0) is 42.5 Å². The Morgan fingerprint density at radius 2 is 1.64 bits per heavy atom. The molecule has 1 aromatic heterocycles. The van der Waals surface area contributed by atoms with Gasteiger partial charge < -0.3 is 0 Å². The molecule has 0 bridgehead atoms. The molecule has 2 aromatic carbocycles. The van der Waals surface area contributed by atoms with Crippen LogP contribution in [-0.2, 0) is 10.0 Å². The van der Waals surface area contributed by atoms with Crippen LogP contribution in [0.2, 0.25) is 0 Å². The summed E-state index contributed by atoms with van der Waals surface area (Å²) in [6, 6.07) is 16.0. The molecular formula is C18H13BrN2O3S. The van der Waals surface area contributed by atoms with Crippen LogP contribution in [0.4, 0.5) is 5.69 Å². The van der Waals surface area contributed by atoms with Crippen molar-refractivity contribution in [1.29, 1.82) is 0 Å². The Hall–Kier alpha value is -2.51. The number of aromatic nitrogens is 1. The number of sulfonamides is 1. The minimum absolute atomic E-state index is 0.125. The van der Waals surface area contributed by atoms with Crippen LogP contribution < -0.4 is 4.72 Å². The van der Waals surface area contributed by atoms with E-state index in [1.165, 1.54) is 24.5 Å². The van der Waals surface area contributed by atoms with Crippen molar-refractivity contribution in [2.24, 2.45) is 0 Å². The third kappa shape index (κ3) is 3.94. The standard InChI is InChI=1S/C18H13BrN2O3S/c19-14-6-7-17(21-25(23,24)15-4-2-1-3-5-15)16(12-14)18(22)13-8-10-20-11-9-13/h1-12,21H. The molecule has 0 saturated carbocycles. The van der Waals surface area contributed by atoms with E-state index in [0.717, 1.165) is 0 Å². The molecule has 5 nitrogen and oxygen atoms in total. The molecule has 0 atom stereocenters. The van der Waals surface area contributed by atoms with E-state index < -0.39 is 10.0 Å². The van der Waals surface area contributed by atoms with Crippen LogP contribution in [-0.4, -0.2) is 19.2 Å². The summed E-state index contributed by atoms with van der Waals surface area (Å²) in [5.74, 6) is -0.297. The number of hydrogen-bond donors (Lipinski definition) is 1. The Bertz CT molecular complexity index is 1010. The molecule has 0 aliphatic carbocycles. The van der Waals surface area contributed by atoms with E-state index in [1.807, 2.05) is 0 Å². The van der Waals surface area contributed by atoms with E-state index in [0.29, 0.717) is 10.0 Å². The van der Waals surface area contributed by atoms with Crippen molar-refractivity contribution in [2.75, 3.05) is 4.72 Å². The first kappa shape index (κ1) is 17.3. The van der Waals surface area contributed by atoms with E-state index in [-0.39, 0.29) is 21.9 Å². The second-order valence-corrected chi connectivity index (χ2v) is 7.77. The summed E-state index contributed by atoms with van der Waals surface area (Å²) in [5.41, 5.74) is 0.891. The Labute approximate surface area is 153 Å². The van der Waals surface area contributed by atoms with E-state index in [9.17, 15) is 13.2 Å². The van der Waals surface area contributed by atoms with E-state index in [2.05, 4.69) is 25.6 Å². The van der Waals surface area contributed by atoms with Gasteiger partial charge in [0.1, 0.15) is 0 Å². The van der Waals surface area contributed by atoms with Crippen LogP contribution in [0.25, 0.3) is 0 Å². The number of rotatable bonds is 5. The summed E-state index contributed by atoms with van der Waals surface area (Å²) < 4.78 is 28.3. The van der Waals surface area contributed by atoms with Gasteiger partial charge in [0.15, 0.2) is 5.78 Å². The first-order valence-electron chi connectivity index (χ1n) is 7.29. The number of nitrogens with zero attached hydrogens (tertiary/aromatic N) is 1. The lowest BCUT2D eigenvalue weighted by molar-refractivity contribution is 0.103. The number of ketones is 1. The predicted octanol–water partition coefficient (Wildman–Crippen LogP) is 3.88. The molecule has 0 radical (unpaired) electrons. The molecule has 25 heavy (non-hydrogen) atoms. The Kier molecular flexibility index (Phi) is 4.96. The van der Waals surface area contributed by atoms with Gasteiger partial charge in [0.05, 0.1) is 10.6 Å². The summed E-state index contributed by atoms with van der Waals surface area (Å²) in [5, 5.41) is 0. The number of hydrogen-bond acceptors (Lipinski definition) is 4. The first-order valence-corrected chi connectivity index (χ1v) is 9.57. The Morgan fingerprint density at radius 3 is 2.32 bits per heavy atom. The fourth-order valence-corrected chi connectivity index (χ4v) is 3.72. The molecular weight excluding hydrogens is 404 g/mol. The Morgan fingerprint density at radius 1 is 0.960 bits per heavy atom. The summed E-state index contributed by atoms with van der Waals surface area (Å²) in [6.45, 7) is 0. The number of carbonyl (C=O) groups excluding carboxylic acids is 1. The molecule has 1 heterocycles. The topological polar surface area (TPSA) is 76.1 Å². The highest BCUT2D eigenvalue weighted by Gasteiger charge is 2.19. The first-order chi connectivity index (χ1) is 12.0. The maximum Gasteiger partial charge on any atom is 0.261 e. The lowest BCUT2D eigenvalue weighted by Gasteiger charge is -2.13. The van der Waals surface area contributed by atoms with Crippen molar-refractivity contribution in [3.8, 4) is 0 Å². The summed E-state index contributed by atoms with van der Waals surface area (Å²) in [6.07, 6.45) is 3.03. The smallest absolute Gasteiger partial charge is 0.261 e. The number of carbonyl (C=O) groups is 1. The normalized spacial score (nSPS) is 11.1. The van der Waals surface area contributed by atoms with Gasteiger partial charge in [0.2, 0.25) is 0 Å². The van der Waals surface area contributed by atoms with Crippen LogP contribution in [0.15, 0.2) is 82.4 Å². The molecule has 0 fully saturated rings. The van der Waals surface area contributed by atoms with Gasteiger partial charge in [0, 0.05) is 28.0 Å². The van der Waals surface area contributed by atoms with Crippen molar-refractivity contribution in [3.05, 3.63) is 88.7 Å². The van der Waals surface area contributed by atoms with Crippen LogP contribution in [0, 0.1) is 0 Å². The van der Waals surface area contributed by atoms with Crippen LogP contribution >= 0.6 is 15.9 Å². The monoisotopic (exact) mass is 416 g/mol. The molecule has 3 rings (SSSR count). The summed E-state index contributed by atoms with van der Waals surface area (Å²) >= 11 is 3.32. The Balaban J connectivity index is 2.02. The average Bonchev–Trinajstić information content (AvgIpc) is 2.64. The number of pyridine rings is 1. The largest absolute Gasteiger partial charge is 0.289 e. The lowest BCUT2D eigenvalue weighted by Crippen LogP contribution is -2.16. The molecule has 0 aliphatic heterocycles. The van der Waals surface area contributed by atoms with Gasteiger partial charge in [0.25, 0.3) is 10.0 Å². The fraction of sp³-hybridized carbons (Fsp3) is 0. The van der Waals surface area contributed by atoms with Gasteiger partial charge in [-0.2, -0.15) is 0 Å². The third-order valence-electron chi connectivity index (χ3n) is 3.47. The molecule has 0 spiro atoms. The fourth-order valence-electron chi connectivity index (χ4n) is 2.26. The van der Waals surface area contributed by atoms with Crippen molar-refractivity contribution in [2.45, 2.75) is 4.90 Å². The summed E-state index contributed by atoms with van der Waals surface area (Å²) in [4.78, 5) is 16.8. The predicted molar refractivity (Wildman–Crippen MR) is 99.1 cm³/mol. The minimum atomic E-state index is -3.79. The highest BCUT2D eigenvalue weighted by molar-refractivity contribution is 9.10. The number of benzene rings is 2. The van der Waals surface area contributed by atoms with Crippen molar-refractivity contribution in [3.63, 3.8) is 0 Å². The average molecular weight is 417 g/mol. The summed E-state index contributed by atoms with van der Waals surface area (Å²) in [7, 11) is -3.79. The molecule has 126 valence electrons. The number of nitrogens with one attached hydrogen (secondary N) is 1.